The second-order valence-electron chi connectivity index (χ2n) is 11.8. The number of hydrogen-bond acceptors (Lipinski definition) is 7. The summed E-state index contributed by atoms with van der Waals surface area (Å²) in [5.41, 5.74) is 2.54. The zero-order chi connectivity index (χ0) is 30.7. The summed E-state index contributed by atoms with van der Waals surface area (Å²) in [5, 5.41) is 16.8. The zero-order valence-electron chi connectivity index (χ0n) is 24.2. The molecule has 1 atom stereocenters. The average molecular weight is 593 g/mol. The Hall–Kier alpha value is -4.25. The van der Waals surface area contributed by atoms with Crippen molar-refractivity contribution in [3.8, 4) is 22.8 Å². The molecule has 224 valence electrons. The van der Waals surface area contributed by atoms with Crippen molar-refractivity contribution in [3.05, 3.63) is 76.9 Å². The van der Waals surface area contributed by atoms with Gasteiger partial charge < -0.3 is 14.6 Å². The Kier molecular flexibility index (Phi) is 7.03. The number of fused-ring (bicyclic) bond motifs is 2. The number of carbonyl (C=O) groups is 1. The molecule has 7 rings (SSSR count). The maximum Gasteiger partial charge on any atom is 0.338 e. The van der Waals surface area contributed by atoms with Gasteiger partial charge in [0, 0.05) is 34.0 Å². The number of aromatic nitrogens is 3. The monoisotopic (exact) mass is 592 g/mol. The van der Waals surface area contributed by atoms with Gasteiger partial charge in [-0.3, -0.25) is 9.69 Å². The summed E-state index contributed by atoms with van der Waals surface area (Å²) in [5.74, 6) is -1.78. The second kappa shape index (κ2) is 10.5. The van der Waals surface area contributed by atoms with Gasteiger partial charge in [0.15, 0.2) is 0 Å². The molecule has 43 heavy (non-hydrogen) atoms. The van der Waals surface area contributed by atoms with Crippen LogP contribution in [0, 0.1) is 12.7 Å². The predicted octanol–water partition coefficient (Wildman–Crippen LogP) is 5.79. The number of alkyl halides is 2. The number of halogens is 3. The van der Waals surface area contributed by atoms with Crippen molar-refractivity contribution in [2.45, 2.75) is 57.1 Å². The van der Waals surface area contributed by atoms with Crippen LogP contribution in [-0.2, 0) is 5.41 Å². The minimum atomic E-state index is -3.49. The van der Waals surface area contributed by atoms with E-state index in [1.807, 2.05) is 13.8 Å². The van der Waals surface area contributed by atoms with Gasteiger partial charge in [0.2, 0.25) is 0 Å². The quantitative estimate of drug-likeness (QED) is 0.300. The third-order valence-corrected chi connectivity index (χ3v) is 7.95. The Balaban J connectivity index is 0.000000761. The molecule has 1 N–H and O–H groups in total. The van der Waals surface area contributed by atoms with E-state index < -0.39 is 29.1 Å². The Bertz CT molecular complexity index is 1720. The summed E-state index contributed by atoms with van der Waals surface area (Å²) in [7, 11) is 1.42. The van der Waals surface area contributed by atoms with Crippen LogP contribution in [0.25, 0.3) is 22.2 Å². The Morgan fingerprint density at radius 3 is 2.42 bits per heavy atom. The lowest BCUT2D eigenvalue weighted by atomic mass is 9.83. The van der Waals surface area contributed by atoms with Crippen LogP contribution >= 0.6 is 0 Å². The molecule has 11 heteroatoms. The van der Waals surface area contributed by atoms with Crippen LogP contribution in [0.3, 0.4) is 0 Å². The number of ether oxygens (including phenoxy) is 2. The molecule has 1 unspecified atom stereocenters. The first-order valence-electron chi connectivity index (χ1n) is 14.0. The minimum absolute atomic E-state index is 0.0633. The molecule has 0 radical (unpaired) electrons. The lowest BCUT2D eigenvalue weighted by Gasteiger charge is -2.47. The van der Waals surface area contributed by atoms with Crippen molar-refractivity contribution in [1.82, 2.24) is 20.1 Å². The first-order valence-corrected chi connectivity index (χ1v) is 14.0. The van der Waals surface area contributed by atoms with Gasteiger partial charge in [-0.1, -0.05) is 13.8 Å². The zero-order valence-corrected chi connectivity index (χ0v) is 24.2. The van der Waals surface area contributed by atoms with E-state index in [-0.39, 0.29) is 29.7 Å². The summed E-state index contributed by atoms with van der Waals surface area (Å²) in [6.07, 6.45) is 2.17. The predicted molar refractivity (Wildman–Crippen MR) is 153 cm³/mol. The van der Waals surface area contributed by atoms with E-state index in [0.717, 1.165) is 18.4 Å². The molecule has 1 amide bonds. The summed E-state index contributed by atoms with van der Waals surface area (Å²) >= 11 is 0. The molecule has 0 bridgehead atoms. The van der Waals surface area contributed by atoms with E-state index >= 15 is 8.78 Å². The fraction of sp³-hybridized carbons (Fsp3) is 0.375. The van der Waals surface area contributed by atoms with E-state index in [0.29, 0.717) is 45.1 Å². The molecule has 2 aliphatic heterocycles. The first-order chi connectivity index (χ1) is 20.4. The van der Waals surface area contributed by atoms with Crippen molar-refractivity contribution in [1.29, 1.82) is 0 Å². The summed E-state index contributed by atoms with van der Waals surface area (Å²) < 4.78 is 56.3. The molecule has 2 aromatic heterocycles. The highest BCUT2D eigenvalue weighted by atomic mass is 19.3. The third-order valence-electron chi connectivity index (χ3n) is 7.95. The van der Waals surface area contributed by atoms with Gasteiger partial charge in [0.25, 0.3) is 5.91 Å². The van der Waals surface area contributed by atoms with Gasteiger partial charge >= 0.3 is 6.05 Å². The highest BCUT2D eigenvalue weighted by Gasteiger charge is 2.60. The number of hydrogen-bond donors (Lipinski definition) is 1. The smallest absolute Gasteiger partial charge is 0.338 e. The van der Waals surface area contributed by atoms with E-state index in [9.17, 15) is 9.18 Å². The number of aliphatic hydroxyl groups is 1. The van der Waals surface area contributed by atoms with Gasteiger partial charge in [-0.15, -0.1) is 5.10 Å². The van der Waals surface area contributed by atoms with Gasteiger partial charge in [0.1, 0.15) is 34.4 Å². The van der Waals surface area contributed by atoms with Crippen molar-refractivity contribution in [3.63, 3.8) is 0 Å². The maximum atomic E-state index is 15.7. The second-order valence-corrected chi connectivity index (χ2v) is 11.8. The highest BCUT2D eigenvalue weighted by molar-refractivity contribution is 6.00. The highest BCUT2D eigenvalue weighted by Crippen LogP contribution is 2.50. The van der Waals surface area contributed by atoms with Gasteiger partial charge in [-0.2, -0.15) is 13.9 Å². The van der Waals surface area contributed by atoms with E-state index in [4.69, 9.17) is 14.6 Å². The normalized spacial score (nSPS) is 19.5. The van der Waals surface area contributed by atoms with Crippen LogP contribution in [0.2, 0.25) is 0 Å². The lowest BCUT2D eigenvalue weighted by molar-refractivity contribution is -0.210. The maximum absolute atomic E-state index is 15.7. The molecule has 3 aliphatic rings. The number of benzene rings is 2. The number of carbonyl (C=O) groups excluding carboxylic acids is 1. The Morgan fingerprint density at radius 1 is 1.09 bits per heavy atom. The number of aryl methyl sites for hydroxylation is 1. The topological polar surface area (TPSA) is 97.7 Å². The van der Waals surface area contributed by atoms with E-state index in [1.54, 1.807) is 31.2 Å². The number of aliphatic hydroxyl groups excluding tert-OH is 1. The molecular formula is C32H31F3N4O4. The van der Waals surface area contributed by atoms with Crippen LogP contribution in [-0.4, -0.2) is 63.5 Å². The summed E-state index contributed by atoms with van der Waals surface area (Å²) in [4.78, 5) is 18.4. The largest absolute Gasteiger partial charge is 0.494 e. The fourth-order valence-electron chi connectivity index (χ4n) is 5.23. The fourth-order valence-corrected chi connectivity index (χ4v) is 5.23. The molecule has 1 saturated heterocycles. The average Bonchev–Trinajstić information content (AvgIpc) is 3.70. The van der Waals surface area contributed by atoms with Gasteiger partial charge in [-0.25, -0.2) is 9.37 Å². The molecular weight excluding hydrogens is 561 g/mol. The molecule has 4 aromatic rings. The SMILES string of the molecule is COc1cc(C(=O)N2CC(c3cc4c(c(-c5ccc(F)cc5)n3)OCC4(C)C)C2(F)F)cc2cc(C)nnc12.OC1CC1. The van der Waals surface area contributed by atoms with Gasteiger partial charge in [-0.05, 0) is 68.3 Å². The number of rotatable bonds is 4. The number of amides is 1. The van der Waals surface area contributed by atoms with Crippen LogP contribution in [0.5, 0.6) is 11.5 Å². The van der Waals surface area contributed by atoms with Gasteiger partial charge in [0.05, 0.1) is 31.2 Å². The molecule has 1 saturated carbocycles. The third kappa shape index (κ3) is 5.26. The van der Waals surface area contributed by atoms with Crippen molar-refractivity contribution >= 4 is 16.8 Å². The summed E-state index contributed by atoms with van der Waals surface area (Å²) in [6, 6.07) is 8.47. The van der Waals surface area contributed by atoms with Crippen LogP contribution in [0.1, 0.15) is 59.9 Å². The van der Waals surface area contributed by atoms with E-state index in [2.05, 4.69) is 15.2 Å². The number of methoxy groups -OCH3 is 1. The molecule has 8 nitrogen and oxygen atoms in total. The van der Waals surface area contributed by atoms with Crippen molar-refractivity contribution in [2.24, 2.45) is 0 Å². The summed E-state index contributed by atoms with van der Waals surface area (Å²) in [6.45, 7) is 5.81. The van der Waals surface area contributed by atoms with Crippen LogP contribution in [0.4, 0.5) is 13.2 Å². The van der Waals surface area contributed by atoms with Crippen LogP contribution in [0.15, 0.2) is 48.5 Å². The van der Waals surface area contributed by atoms with Crippen molar-refractivity contribution < 1.29 is 32.5 Å². The number of pyridine rings is 1. The standard InChI is InChI=1S/C29H25F3N4O3.C3H6O/c1-15-9-17-10-18(11-23(38-4)24(17)35-34-15)27(37)36-13-21(29(36,31)32)22-12-20-26(39-14-28(20,2)3)25(33-22)16-5-7-19(30)8-6-16;4-3-1-2-3/h5-12,21H,13-14H2,1-4H3;3-4H,1-2H2. The minimum Gasteiger partial charge on any atom is -0.494 e. The lowest BCUT2D eigenvalue weighted by Crippen LogP contribution is -2.62. The Morgan fingerprint density at radius 2 is 1.79 bits per heavy atom. The first kappa shape index (κ1) is 28.9. The molecule has 4 heterocycles. The molecule has 2 fully saturated rings. The molecule has 1 aliphatic carbocycles. The number of likely N-dealkylation sites (tertiary alicyclic amines) is 1. The number of nitrogens with zero attached hydrogens (tertiary/aromatic N) is 4. The molecule has 2 aromatic carbocycles. The van der Waals surface area contributed by atoms with E-state index in [1.165, 1.54) is 31.4 Å². The molecule has 0 spiro atoms. The van der Waals surface area contributed by atoms with Crippen LogP contribution < -0.4 is 9.47 Å². The Labute approximate surface area is 246 Å². The van der Waals surface area contributed by atoms with Crippen molar-refractivity contribution in [2.75, 3.05) is 20.3 Å².